The van der Waals surface area contributed by atoms with Crippen molar-refractivity contribution in [1.29, 1.82) is 0 Å². The predicted molar refractivity (Wildman–Crippen MR) is 117 cm³/mol. The molecular weight excluding hydrogens is 429 g/mol. The second-order valence-corrected chi connectivity index (χ2v) is 6.20. The molecule has 6 heteroatoms. The second-order valence-electron chi connectivity index (χ2n) is 6.20. The number of halogens is 1. The summed E-state index contributed by atoms with van der Waals surface area (Å²) in [6.45, 7) is 10.1. The molecule has 0 aliphatic carbocycles. The van der Waals surface area contributed by atoms with Gasteiger partial charge in [0, 0.05) is 19.6 Å². The molecule has 1 aromatic rings. The number of aryl methyl sites for hydroxylation is 1. The van der Waals surface area contributed by atoms with Gasteiger partial charge >= 0.3 is 0 Å². The highest BCUT2D eigenvalue weighted by Crippen LogP contribution is 2.28. The summed E-state index contributed by atoms with van der Waals surface area (Å²) >= 11 is 0. The zero-order valence-corrected chi connectivity index (χ0v) is 18.7. The van der Waals surface area contributed by atoms with Crippen LogP contribution in [0.5, 0.6) is 11.5 Å². The van der Waals surface area contributed by atoms with Crippen LogP contribution in [0.25, 0.3) is 0 Å². The van der Waals surface area contributed by atoms with Crippen molar-refractivity contribution in [3.63, 3.8) is 0 Å². The summed E-state index contributed by atoms with van der Waals surface area (Å²) in [7, 11) is 3.47. The van der Waals surface area contributed by atoms with E-state index in [1.54, 1.807) is 14.2 Å². The molecule has 1 atom stereocenters. The molecule has 0 fully saturated rings. The zero-order chi connectivity index (χ0) is 17.9. The number of rotatable bonds is 9. The van der Waals surface area contributed by atoms with E-state index < -0.39 is 0 Å². The van der Waals surface area contributed by atoms with Gasteiger partial charge in [-0.25, -0.2) is 0 Å². The Morgan fingerprint density at radius 3 is 2.48 bits per heavy atom. The van der Waals surface area contributed by atoms with Crippen molar-refractivity contribution in [2.45, 2.75) is 46.6 Å². The molecule has 0 aliphatic rings. The number of nitrogens with zero attached hydrogens (tertiary/aromatic N) is 1. The number of benzene rings is 1. The number of hydrogen-bond acceptors (Lipinski definition) is 3. The van der Waals surface area contributed by atoms with Gasteiger partial charge in [0.05, 0.1) is 13.7 Å². The van der Waals surface area contributed by atoms with Crippen molar-refractivity contribution in [3.05, 3.63) is 23.8 Å². The molecule has 5 nitrogen and oxygen atoms in total. The lowest BCUT2D eigenvalue weighted by Crippen LogP contribution is -2.44. The highest BCUT2D eigenvalue weighted by molar-refractivity contribution is 14.0. The first-order chi connectivity index (χ1) is 11.5. The van der Waals surface area contributed by atoms with Gasteiger partial charge in [-0.2, -0.15) is 0 Å². The van der Waals surface area contributed by atoms with Crippen molar-refractivity contribution in [2.75, 3.05) is 27.3 Å². The van der Waals surface area contributed by atoms with Gasteiger partial charge in [0.1, 0.15) is 0 Å². The topological polar surface area (TPSA) is 54.9 Å². The fraction of sp³-hybridized carbons (Fsp3) is 0.632. The van der Waals surface area contributed by atoms with Crippen molar-refractivity contribution in [1.82, 2.24) is 10.6 Å². The van der Waals surface area contributed by atoms with Gasteiger partial charge in [-0.3, -0.25) is 4.99 Å². The third-order valence-electron chi connectivity index (χ3n) is 4.05. The normalized spacial score (nSPS) is 12.4. The minimum Gasteiger partial charge on any atom is -0.493 e. The Labute approximate surface area is 170 Å². The molecule has 0 saturated carbocycles. The Morgan fingerprint density at radius 1 is 1.20 bits per heavy atom. The first-order valence-electron chi connectivity index (χ1n) is 8.78. The van der Waals surface area contributed by atoms with Crippen LogP contribution >= 0.6 is 24.0 Å². The van der Waals surface area contributed by atoms with E-state index in [0.29, 0.717) is 18.6 Å². The molecule has 1 aromatic carbocycles. The van der Waals surface area contributed by atoms with Gasteiger partial charge in [-0.1, -0.05) is 19.9 Å². The van der Waals surface area contributed by atoms with E-state index in [0.717, 1.165) is 36.8 Å². The average molecular weight is 463 g/mol. The lowest BCUT2D eigenvalue weighted by atomic mass is 10.1. The molecule has 0 aromatic heterocycles. The molecule has 0 amide bonds. The van der Waals surface area contributed by atoms with E-state index in [4.69, 9.17) is 9.47 Å². The van der Waals surface area contributed by atoms with Crippen molar-refractivity contribution in [3.8, 4) is 11.5 Å². The van der Waals surface area contributed by atoms with E-state index in [9.17, 15) is 0 Å². The Balaban J connectivity index is 0.00000576. The minimum atomic E-state index is 0. The maximum Gasteiger partial charge on any atom is 0.191 e. The van der Waals surface area contributed by atoms with Crippen molar-refractivity contribution in [2.24, 2.45) is 10.9 Å². The van der Waals surface area contributed by atoms with Crippen LogP contribution in [0, 0.1) is 5.92 Å². The van der Waals surface area contributed by atoms with Crippen LogP contribution in [0.3, 0.4) is 0 Å². The third kappa shape index (κ3) is 8.65. The average Bonchev–Trinajstić information content (AvgIpc) is 2.57. The first kappa shape index (κ1) is 23.8. The van der Waals surface area contributed by atoms with Gasteiger partial charge in [0.2, 0.25) is 0 Å². The standard InChI is InChI=1S/C19H33N3O2.HI/c1-7-24-18-13-16(10-11-17(18)23-6)9-8-12-21-19(20-5)22-15(4)14(2)3;/h10-11,13-15H,7-9,12H2,1-6H3,(H2,20,21,22);1H. The summed E-state index contributed by atoms with van der Waals surface area (Å²) in [6, 6.07) is 6.52. The van der Waals surface area contributed by atoms with Crippen LogP contribution in [-0.4, -0.2) is 39.3 Å². The molecule has 25 heavy (non-hydrogen) atoms. The molecule has 0 heterocycles. The summed E-state index contributed by atoms with van der Waals surface area (Å²) in [5, 5.41) is 6.78. The molecule has 0 spiro atoms. The first-order valence-corrected chi connectivity index (χ1v) is 8.78. The van der Waals surface area contributed by atoms with Crippen LogP contribution in [0.4, 0.5) is 0 Å². The van der Waals surface area contributed by atoms with E-state index in [1.807, 2.05) is 13.0 Å². The van der Waals surface area contributed by atoms with E-state index in [2.05, 4.69) is 48.5 Å². The maximum atomic E-state index is 5.63. The second kappa shape index (κ2) is 13.1. The lowest BCUT2D eigenvalue weighted by Gasteiger charge is -2.20. The van der Waals surface area contributed by atoms with Crippen LogP contribution < -0.4 is 20.1 Å². The highest BCUT2D eigenvalue weighted by Gasteiger charge is 2.09. The quantitative estimate of drug-likeness (QED) is 0.253. The molecule has 1 unspecified atom stereocenters. The Bertz CT molecular complexity index is 521. The monoisotopic (exact) mass is 463 g/mol. The molecular formula is C19H34IN3O2. The number of ether oxygens (including phenoxy) is 2. The number of hydrogen-bond donors (Lipinski definition) is 2. The fourth-order valence-corrected chi connectivity index (χ4v) is 2.22. The molecule has 144 valence electrons. The number of aliphatic imine (C=N–C) groups is 1. The summed E-state index contributed by atoms with van der Waals surface area (Å²) in [5.41, 5.74) is 1.25. The van der Waals surface area contributed by atoms with Crippen LogP contribution in [0.1, 0.15) is 39.7 Å². The molecule has 2 N–H and O–H groups in total. The Kier molecular flexibility index (Phi) is 12.5. The Hall–Kier alpha value is -1.18. The molecule has 0 aliphatic heterocycles. The maximum absolute atomic E-state index is 5.63. The SMILES string of the molecule is CCOc1cc(CCCNC(=NC)NC(C)C(C)C)ccc1OC.I. The van der Waals surface area contributed by atoms with Gasteiger partial charge < -0.3 is 20.1 Å². The number of nitrogens with one attached hydrogen (secondary N) is 2. The van der Waals surface area contributed by atoms with Crippen molar-refractivity contribution >= 4 is 29.9 Å². The molecule has 0 bridgehead atoms. The smallest absolute Gasteiger partial charge is 0.191 e. The van der Waals surface area contributed by atoms with Crippen LogP contribution in [0.2, 0.25) is 0 Å². The zero-order valence-electron chi connectivity index (χ0n) is 16.4. The van der Waals surface area contributed by atoms with E-state index >= 15 is 0 Å². The lowest BCUT2D eigenvalue weighted by molar-refractivity contribution is 0.310. The molecule has 0 saturated heterocycles. The van der Waals surface area contributed by atoms with Crippen LogP contribution in [-0.2, 0) is 6.42 Å². The molecule has 1 rings (SSSR count). The van der Waals surface area contributed by atoms with E-state index in [-0.39, 0.29) is 24.0 Å². The highest BCUT2D eigenvalue weighted by atomic mass is 127. The predicted octanol–water partition coefficient (Wildman–Crippen LogP) is 3.85. The minimum absolute atomic E-state index is 0. The largest absolute Gasteiger partial charge is 0.493 e. The number of guanidine groups is 1. The van der Waals surface area contributed by atoms with Crippen molar-refractivity contribution < 1.29 is 9.47 Å². The van der Waals surface area contributed by atoms with E-state index in [1.165, 1.54) is 5.56 Å². The number of methoxy groups -OCH3 is 1. The summed E-state index contributed by atoms with van der Waals surface area (Å²) in [4.78, 5) is 4.27. The Morgan fingerprint density at radius 2 is 1.92 bits per heavy atom. The van der Waals surface area contributed by atoms with Gasteiger partial charge in [0.15, 0.2) is 17.5 Å². The third-order valence-corrected chi connectivity index (χ3v) is 4.05. The van der Waals surface area contributed by atoms with Gasteiger partial charge in [-0.05, 0) is 50.3 Å². The molecule has 0 radical (unpaired) electrons. The van der Waals surface area contributed by atoms with Crippen LogP contribution in [0.15, 0.2) is 23.2 Å². The summed E-state index contributed by atoms with van der Waals surface area (Å²) in [5.74, 6) is 3.03. The van der Waals surface area contributed by atoms with Gasteiger partial charge in [0.25, 0.3) is 0 Å². The van der Waals surface area contributed by atoms with Gasteiger partial charge in [-0.15, -0.1) is 24.0 Å². The fourth-order valence-electron chi connectivity index (χ4n) is 2.22. The summed E-state index contributed by atoms with van der Waals surface area (Å²) in [6.07, 6.45) is 2.00. The summed E-state index contributed by atoms with van der Waals surface area (Å²) < 4.78 is 10.9.